The monoisotopic (exact) mass is 117 g/mol. The van der Waals surface area contributed by atoms with Crippen molar-refractivity contribution in [2.75, 3.05) is 0 Å². The summed E-state index contributed by atoms with van der Waals surface area (Å²) in [6, 6.07) is 0. The molecule has 5 nitrogen and oxygen atoms in total. The van der Waals surface area contributed by atoms with Crippen LogP contribution in [0.25, 0.3) is 0 Å². The fourth-order valence-corrected chi connectivity index (χ4v) is 0.355. The summed E-state index contributed by atoms with van der Waals surface area (Å²) in [5, 5.41) is 13.3. The normalized spacial score (nSPS) is 10.0. The highest BCUT2D eigenvalue weighted by atomic mass is 16.4. The lowest BCUT2D eigenvalue weighted by Crippen LogP contribution is -1.99. The second-order valence-corrected chi connectivity index (χ2v) is 1.52. The minimum absolute atomic E-state index is 0.167. The van der Waals surface area contributed by atoms with Crippen LogP contribution in [-0.4, -0.2) is 26.3 Å². The van der Waals surface area contributed by atoms with E-state index in [2.05, 4.69) is 10.4 Å². The lowest BCUT2D eigenvalue weighted by atomic mass is 10.4. The van der Waals surface area contributed by atoms with Gasteiger partial charge in [0.15, 0.2) is 0 Å². The van der Waals surface area contributed by atoms with E-state index in [0.717, 1.165) is 0 Å². The number of carboxylic acids is 1. The molecule has 0 atom stereocenters. The van der Waals surface area contributed by atoms with Gasteiger partial charge < -0.3 is 5.11 Å². The van der Waals surface area contributed by atoms with E-state index in [1.807, 2.05) is 0 Å². The van der Waals surface area contributed by atoms with Crippen molar-refractivity contribution in [3.63, 3.8) is 0 Å². The van der Waals surface area contributed by atoms with Crippen LogP contribution in [0.15, 0.2) is 0 Å². The molecule has 0 aliphatic heterocycles. The summed E-state index contributed by atoms with van der Waals surface area (Å²) >= 11 is 0. The van der Waals surface area contributed by atoms with Gasteiger partial charge in [0.05, 0.1) is 13.0 Å². The standard InChI is InChI=1S/C3H7N3O2/c7-3(8)1-2-6-4-5-6/h4-5H,1-2H2,(H,7,8). The number of nitrogens with zero attached hydrogens (tertiary/aromatic N) is 1. The van der Waals surface area contributed by atoms with E-state index < -0.39 is 5.97 Å². The molecule has 3 N–H and O–H groups in total. The minimum atomic E-state index is -0.777. The second-order valence-electron chi connectivity index (χ2n) is 1.52. The van der Waals surface area contributed by atoms with Crippen LogP contribution >= 0.6 is 0 Å². The Morgan fingerprint density at radius 1 is 1.62 bits per heavy atom. The van der Waals surface area contributed by atoms with Gasteiger partial charge >= 0.3 is 5.97 Å². The van der Waals surface area contributed by atoms with Crippen molar-refractivity contribution >= 4 is 5.97 Å². The maximum absolute atomic E-state index is 9.85. The summed E-state index contributed by atoms with van der Waals surface area (Å²) in [7, 11) is 0. The van der Waals surface area contributed by atoms with Gasteiger partial charge in [0, 0.05) is 0 Å². The van der Waals surface area contributed by atoms with Gasteiger partial charge in [0.1, 0.15) is 0 Å². The van der Waals surface area contributed by atoms with E-state index in [0.29, 0.717) is 6.54 Å². The second kappa shape index (κ2) is 1.77. The first-order valence-electron chi connectivity index (χ1n) is 2.29. The molecule has 1 rings (SSSR count). The lowest BCUT2D eigenvalue weighted by Gasteiger charge is -1.84. The minimum Gasteiger partial charge on any atom is -0.481 e. The number of hydrogen-bond acceptors (Lipinski definition) is 1. The average molecular weight is 117 g/mol. The SMILES string of the molecule is O=C(O)CCn1[nH][nH]1. The number of rotatable bonds is 3. The third-order valence-corrected chi connectivity index (χ3v) is 0.819. The number of aromatic nitrogens is 3. The topological polar surface area (TPSA) is 73.8 Å². The van der Waals surface area contributed by atoms with Crippen LogP contribution in [-0.2, 0) is 11.3 Å². The van der Waals surface area contributed by atoms with Crippen LogP contribution in [0.4, 0.5) is 0 Å². The first-order chi connectivity index (χ1) is 3.79. The van der Waals surface area contributed by atoms with E-state index >= 15 is 0 Å². The molecule has 0 radical (unpaired) electrons. The molecule has 0 amide bonds. The molecule has 0 aliphatic rings. The third-order valence-electron chi connectivity index (χ3n) is 0.819. The molecular weight excluding hydrogens is 110 g/mol. The first-order valence-corrected chi connectivity index (χ1v) is 2.29. The zero-order valence-electron chi connectivity index (χ0n) is 4.22. The van der Waals surface area contributed by atoms with Gasteiger partial charge in [-0.3, -0.25) is 4.79 Å². The Morgan fingerprint density at radius 2 is 2.25 bits per heavy atom. The Balaban J connectivity index is 2.07. The van der Waals surface area contributed by atoms with Crippen molar-refractivity contribution in [1.29, 1.82) is 0 Å². The van der Waals surface area contributed by atoms with Gasteiger partial charge in [-0.25, -0.2) is 10.4 Å². The van der Waals surface area contributed by atoms with E-state index in [1.165, 1.54) is 0 Å². The molecule has 8 heavy (non-hydrogen) atoms. The van der Waals surface area contributed by atoms with Crippen molar-refractivity contribution in [2.24, 2.45) is 0 Å². The number of aromatic amines is 2. The number of carbonyl (C=O) groups is 1. The molecule has 1 aromatic rings. The van der Waals surface area contributed by atoms with Crippen molar-refractivity contribution in [1.82, 2.24) is 15.2 Å². The van der Waals surface area contributed by atoms with Crippen molar-refractivity contribution in [2.45, 2.75) is 13.0 Å². The highest BCUT2D eigenvalue weighted by Crippen LogP contribution is 1.84. The summed E-state index contributed by atoms with van der Waals surface area (Å²) in [5.41, 5.74) is 0. The number of nitrogens with one attached hydrogen (secondary N) is 2. The number of H-pyrrole nitrogens is 2. The molecule has 0 bridgehead atoms. The van der Waals surface area contributed by atoms with E-state index in [-0.39, 0.29) is 6.42 Å². The molecule has 5 heteroatoms. The predicted molar refractivity (Wildman–Crippen MR) is 25.4 cm³/mol. The lowest BCUT2D eigenvalue weighted by molar-refractivity contribution is -0.137. The molecule has 0 aliphatic carbocycles. The molecule has 0 spiro atoms. The van der Waals surface area contributed by atoms with Crippen molar-refractivity contribution < 1.29 is 9.90 Å². The summed E-state index contributed by atoms with van der Waals surface area (Å²) in [5.74, 6) is -0.777. The fraction of sp³-hybridized carbons (Fsp3) is 0.667. The van der Waals surface area contributed by atoms with Crippen LogP contribution in [0, 0.1) is 0 Å². The number of aliphatic carboxylic acids is 1. The Bertz CT molecular complexity index is 152. The third kappa shape index (κ3) is 1.55. The number of aryl methyl sites for hydroxylation is 1. The highest BCUT2D eigenvalue weighted by molar-refractivity contribution is 5.66. The number of hydrogen-bond donors (Lipinski definition) is 3. The molecule has 0 saturated carbocycles. The van der Waals surface area contributed by atoms with Gasteiger partial charge in [-0.15, -0.1) is 0 Å². The molecule has 0 fully saturated rings. The Kier molecular flexibility index (Phi) is 1.11. The Labute approximate surface area is 45.2 Å². The van der Waals surface area contributed by atoms with Crippen molar-refractivity contribution in [3.8, 4) is 0 Å². The molecule has 0 unspecified atom stereocenters. The molecule has 0 aromatic carbocycles. The molecular formula is C3H7N3O2. The van der Waals surface area contributed by atoms with Gasteiger partial charge in [0.25, 0.3) is 0 Å². The molecule has 1 heterocycles. The highest BCUT2D eigenvalue weighted by Gasteiger charge is 1.98. The predicted octanol–water partition coefficient (Wildman–Crippen LogP) is -0.381. The summed E-state index contributed by atoms with van der Waals surface area (Å²) < 4.78 is 0. The quantitative estimate of drug-likeness (QED) is 0.504. The smallest absolute Gasteiger partial charge is 0.305 e. The fourth-order valence-electron chi connectivity index (χ4n) is 0.355. The maximum atomic E-state index is 9.85. The molecule has 46 valence electrons. The van der Waals surface area contributed by atoms with Crippen LogP contribution < -0.4 is 0 Å². The Hall–Kier alpha value is -1.13. The number of carboxylic acid groups (broad SMARTS) is 1. The van der Waals surface area contributed by atoms with Gasteiger partial charge in [-0.2, -0.15) is 4.80 Å². The van der Waals surface area contributed by atoms with Gasteiger partial charge in [-0.1, -0.05) is 0 Å². The van der Waals surface area contributed by atoms with E-state index in [1.54, 1.807) is 4.80 Å². The van der Waals surface area contributed by atoms with Gasteiger partial charge in [0.2, 0.25) is 0 Å². The summed E-state index contributed by atoms with van der Waals surface area (Å²) in [4.78, 5) is 11.4. The summed E-state index contributed by atoms with van der Waals surface area (Å²) in [6.07, 6.45) is 0.167. The average Bonchev–Trinajstić information content (AvgIpc) is 2.41. The summed E-state index contributed by atoms with van der Waals surface area (Å²) in [6.45, 7) is 0.509. The van der Waals surface area contributed by atoms with E-state index in [9.17, 15) is 4.79 Å². The zero-order chi connectivity index (χ0) is 5.98. The molecule has 1 aromatic heterocycles. The van der Waals surface area contributed by atoms with E-state index in [4.69, 9.17) is 5.11 Å². The van der Waals surface area contributed by atoms with Crippen LogP contribution in [0.5, 0.6) is 0 Å². The van der Waals surface area contributed by atoms with Gasteiger partial charge in [-0.05, 0) is 0 Å². The van der Waals surface area contributed by atoms with Crippen LogP contribution in [0.1, 0.15) is 6.42 Å². The largest absolute Gasteiger partial charge is 0.481 e. The van der Waals surface area contributed by atoms with Crippen molar-refractivity contribution in [3.05, 3.63) is 0 Å². The molecule has 0 saturated heterocycles. The van der Waals surface area contributed by atoms with Crippen LogP contribution in [0.2, 0.25) is 0 Å². The maximum Gasteiger partial charge on any atom is 0.305 e. The zero-order valence-corrected chi connectivity index (χ0v) is 4.22. The van der Waals surface area contributed by atoms with Crippen LogP contribution in [0.3, 0.4) is 0 Å². The Morgan fingerprint density at radius 3 is 2.62 bits per heavy atom. The first kappa shape index (κ1) is 5.02.